The summed E-state index contributed by atoms with van der Waals surface area (Å²) < 4.78 is 23.8. The van der Waals surface area contributed by atoms with Gasteiger partial charge in [-0.15, -0.1) is 0 Å². The van der Waals surface area contributed by atoms with E-state index in [1.807, 2.05) is 0 Å². The van der Waals surface area contributed by atoms with Crippen molar-refractivity contribution in [1.82, 2.24) is 15.1 Å². The Morgan fingerprint density at radius 3 is 2.55 bits per heavy atom. The zero-order chi connectivity index (χ0) is 21.6. The van der Waals surface area contributed by atoms with Crippen LogP contribution in [0.3, 0.4) is 0 Å². The maximum Gasteiger partial charge on any atom is 0.227 e. The molecule has 0 unspecified atom stereocenters. The summed E-state index contributed by atoms with van der Waals surface area (Å²) in [6.45, 7) is 0. The van der Waals surface area contributed by atoms with Crippen LogP contribution >= 0.6 is 11.6 Å². The third kappa shape index (κ3) is 5.64. The molecule has 0 aliphatic carbocycles. The van der Waals surface area contributed by atoms with E-state index in [1.54, 1.807) is 48.5 Å². The number of nitrogens with one attached hydrogen (secondary N) is 1. The van der Waals surface area contributed by atoms with Crippen LogP contribution in [-0.2, 0) is 11.2 Å². The molecule has 0 saturated carbocycles. The molecule has 1 amide bonds. The van der Waals surface area contributed by atoms with E-state index in [-0.39, 0.29) is 24.6 Å². The smallest absolute Gasteiger partial charge is 0.227 e. The Hall–Kier alpha value is -3.78. The lowest BCUT2D eigenvalue weighted by Gasteiger charge is -2.07. The second-order valence-electron chi connectivity index (χ2n) is 6.51. The molecular weight excluding hydrogens is 423 g/mol. The zero-order valence-electron chi connectivity index (χ0n) is 16.1. The normalized spacial score (nSPS) is 10.6. The van der Waals surface area contributed by atoms with Crippen LogP contribution in [0.25, 0.3) is 11.4 Å². The summed E-state index contributed by atoms with van der Waals surface area (Å²) in [6.07, 6.45) is 1.92. The standard InChI is InChI=1S/C22H16ClFN4O3/c23-15-3-8-18(9-4-15)30-20-11-7-17(13-25-20)26-19(29)10-12-21-27-22(28-31-21)14-1-5-16(24)6-2-14/h1-9,11,13H,10,12H2,(H,26,29). The van der Waals surface area contributed by atoms with Crippen LogP contribution in [0.1, 0.15) is 12.3 Å². The van der Waals surface area contributed by atoms with Crippen molar-refractivity contribution in [3.8, 4) is 23.0 Å². The van der Waals surface area contributed by atoms with E-state index >= 15 is 0 Å². The number of aryl methyl sites for hydroxylation is 1. The second kappa shape index (κ2) is 9.36. The lowest BCUT2D eigenvalue weighted by atomic mass is 10.2. The van der Waals surface area contributed by atoms with E-state index in [1.165, 1.54) is 18.3 Å². The Labute approximate surface area is 181 Å². The number of pyridine rings is 1. The lowest BCUT2D eigenvalue weighted by Crippen LogP contribution is -2.12. The third-order valence-corrected chi connectivity index (χ3v) is 4.44. The number of hydrogen-bond acceptors (Lipinski definition) is 6. The van der Waals surface area contributed by atoms with Crippen LogP contribution < -0.4 is 10.1 Å². The number of carbonyl (C=O) groups is 1. The van der Waals surface area contributed by atoms with Gasteiger partial charge in [0, 0.05) is 29.5 Å². The van der Waals surface area contributed by atoms with Crippen LogP contribution in [0.15, 0.2) is 71.4 Å². The molecule has 2 aromatic heterocycles. The van der Waals surface area contributed by atoms with E-state index in [0.29, 0.717) is 39.6 Å². The van der Waals surface area contributed by atoms with Crippen LogP contribution in [0.5, 0.6) is 11.6 Å². The van der Waals surface area contributed by atoms with Crippen LogP contribution in [0, 0.1) is 5.82 Å². The maximum absolute atomic E-state index is 13.0. The number of anilines is 1. The Kier molecular flexibility index (Phi) is 6.18. The number of hydrogen-bond donors (Lipinski definition) is 1. The number of rotatable bonds is 7. The summed E-state index contributed by atoms with van der Waals surface area (Å²) in [7, 11) is 0. The fraction of sp³-hybridized carbons (Fsp3) is 0.0909. The summed E-state index contributed by atoms with van der Waals surface area (Å²) >= 11 is 5.85. The monoisotopic (exact) mass is 438 g/mol. The molecule has 4 rings (SSSR count). The van der Waals surface area contributed by atoms with Gasteiger partial charge in [0.25, 0.3) is 0 Å². The van der Waals surface area contributed by atoms with Crippen molar-refractivity contribution >= 4 is 23.2 Å². The summed E-state index contributed by atoms with van der Waals surface area (Å²) in [4.78, 5) is 20.6. The van der Waals surface area contributed by atoms with Gasteiger partial charge < -0.3 is 14.6 Å². The molecule has 0 spiro atoms. The largest absolute Gasteiger partial charge is 0.439 e. The average molecular weight is 439 g/mol. The summed E-state index contributed by atoms with van der Waals surface area (Å²) in [5, 5.41) is 7.22. The highest BCUT2D eigenvalue weighted by Gasteiger charge is 2.11. The highest BCUT2D eigenvalue weighted by Crippen LogP contribution is 2.22. The molecule has 0 aliphatic rings. The zero-order valence-corrected chi connectivity index (χ0v) is 16.8. The second-order valence-corrected chi connectivity index (χ2v) is 6.94. The molecule has 9 heteroatoms. The minimum absolute atomic E-state index is 0.147. The topological polar surface area (TPSA) is 90.1 Å². The van der Waals surface area contributed by atoms with Gasteiger partial charge in [-0.05, 0) is 54.6 Å². The van der Waals surface area contributed by atoms with Gasteiger partial charge in [-0.3, -0.25) is 4.79 Å². The van der Waals surface area contributed by atoms with Gasteiger partial charge in [0.05, 0.1) is 11.9 Å². The van der Waals surface area contributed by atoms with Crippen molar-refractivity contribution in [2.45, 2.75) is 12.8 Å². The lowest BCUT2D eigenvalue weighted by molar-refractivity contribution is -0.116. The van der Waals surface area contributed by atoms with Crippen LogP contribution in [0.2, 0.25) is 5.02 Å². The number of halogens is 2. The fourth-order valence-electron chi connectivity index (χ4n) is 2.65. The van der Waals surface area contributed by atoms with Gasteiger partial charge in [0.15, 0.2) is 0 Å². The van der Waals surface area contributed by atoms with E-state index in [9.17, 15) is 9.18 Å². The molecular formula is C22H16ClFN4O3. The van der Waals surface area contributed by atoms with Crippen molar-refractivity contribution in [3.05, 3.63) is 83.6 Å². The highest BCUT2D eigenvalue weighted by atomic mass is 35.5. The first-order chi connectivity index (χ1) is 15.0. The molecule has 4 aromatic rings. The maximum atomic E-state index is 13.0. The van der Waals surface area contributed by atoms with Crippen LogP contribution in [0.4, 0.5) is 10.1 Å². The molecule has 0 aliphatic heterocycles. The summed E-state index contributed by atoms with van der Waals surface area (Å²) in [5.41, 5.74) is 1.17. The number of nitrogens with zero attached hydrogens (tertiary/aromatic N) is 3. The fourth-order valence-corrected chi connectivity index (χ4v) is 2.78. The van der Waals surface area contributed by atoms with E-state index in [2.05, 4.69) is 20.4 Å². The number of benzene rings is 2. The van der Waals surface area contributed by atoms with Gasteiger partial charge in [-0.2, -0.15) is 4.98 Å². The molecule has 2 aromatic carbocycles. The molecule has 2 heterocycles. The van der Waals surface area contributed by atoms with Gasteiger partial charge in [0.1, 0.15) is 11.6 Å². The molecule has 0 fully saturated rings. The third-order valence-electron chi connectivity index (χ3n) is 4.19. The highest BCUT2D eigenvalue weighted by molar-refractivity contribution is 6.30. The average Bonchev–Trinajstić information content (AvgIpc) is 3.25. The molecule has 0 radical (unpaired) electrons. The SMILES string of the molecule is O=C(CCc1nc(-c2ccc(F)cc2)no1)Nc1ccc(Oc2ccc(Cl)cc2)nc1. The molecule has 156 valence electrons. The number of ether oxygens (including phenoxy) is 1. The molecule has 0 bridgehead atoms. The molecule has 1 N–H and O–H groups in total. The van der Waals surface area contributed by atoms with Crippen molar-refractivity contribution in [2.75, 3.05) is 5.32 Å². The molecule has 0 saturated heterocycles. The number of carbonyl (C=O) groups excluding carboxylic acids is 1. The predicted octanol–water partition coefficient (Wildman–Crippen LogP) is 5.29. The minimum atomic E-state index is -0.344. The first-order valence-electron chi connectivity index (χ1n) is 9.33. The first kappa shape index (κ1) is 20.5. The van der Waals surface area contributed by atoms with Gasteiger partial charge >= 0.3 is 0 Å². The Morgan fingerprint density at radius 1 is 1.06 bits per heavy atom. The van der Waals surface area contributed by atoms with Gasteiger partial charge in [-0.25, -0.2) is 9.37 Å². The Morgan fingerprint density at radius 2 is 1.84 bits per heavy atom. The quantitative estimate of drug-likeness (QED) is 0.421. The number of amides is 1. The van der Waals surface area contributed by atoms with Gasteiger partial charge in [-0.1, -0.05) is 16.8 Å². The van der Waals surface area contributed by atoms with E-state index < -0.39 is 0 Å². The molecule has 7 nitrogen and oxygen atoms in total. The van der Waals surface area contributed by atoms with Crippen molar-refractivity contribution < 1.29 is 18.4 Å². The predicted molar refractivity (Wildman–Crippen MR) is 112 cm³/mol. The van der Waals surface area contributed by atoms with Gasteiger partial charge in [0.2, 0.25) is 23.5 Å². The molecule has 31 heavy (non-hydrogen) atoms. The summed E-state index contributed by atoms with van der Waals surface area (Å²) in [5.74, 6) is 1.08. The van der Waals surface area contributed by atoms with Crippen molar-refractivity contribution in [1.29, 1.82) is 0 Å². The van der Waals surface area contributed by atoms with Crippen molar-refractivity contribution in [2.24, 2.45) is 0 Å². The minimum Gasteiger partial charge on any atom is -0.439 e. The van der Waals surface area contributed by atoms with Crippen molar-refractivity contribution in [3.63, 3.8) is 0 Å². The summed E-state index contributed by atoms with van der Waals surface area (Å²) in [6, 6.07) is 16.0. The van der Waals surface area contributed by atoms with Crippen LogP contribution in [-0.4, -0.2) is 21.0 Å². The Bertz CT molecular complexity index is 1160. The van der Waals surface area contributed by atoms with E-state index in [4.69, 9.17) is 20.9 Å². The molecule has 0 atom stereocenters. The first-order valence-corrected chi connectivity index (χ1v) is 9.71. The number of aromatic nitrogens is 3. The Balaban J connectivity index is 1.28. The van der Waals surface area contributed by atoms with E-state index in [0.717, 1.165) is 0 Å².